The van der Waals surface area contributed by atoms with Crippen molar-refractivity contribution in [1.82, 2.24) is 30.7 Å². The van der Waals surface area contributed by atoms with E-state index < -0.39 is 17.5 Å². The number of morpholine rings is 1. The van der Waals surface area contributed by atoms with Crippen LogP contribution in [0.25, 0.3) is 11.4 Å². The Balaban J connectivity index is 1.53. The number of hydroxylamine groups is 1. The first kappa shape index (κ1) is 20.3. The van der Waals surface area contributed by atoms with Crippen molar-refractivity contribution in [3.05, 3.63) is 29.5 Å². The maximum atomic E-state index is 13.9. The summed E-state index contributed by atoms with van der Waals surface area (Å²) in [5.41, 5.74) is 7.61. The fourth-order valence-electron chi connectivity index (χ4n) is 5.52. The summed E-state index contributed by atoms with van der Waals surface area (Å²) in [6.45, 7) is 1.71. The van der Waals surface area contributed by atoms with E-state index in [0.717, 1.165) is 32.1 Å². The lowest BCUT2D eigenvalue weighted by atomic mass is 9.93. The fraction of sp³-hybridized carbons (Fsp3) is 0.619. The van der Waals surface area contributed by atoms with E-state index >= 15 is 0 Å². The van der Waals surface area contributed by atoms with Gasteiger partial charge in [-0.15, -0.1) is 0 Å². The molecule has 1 saturated carbocycles. The third kappa shape index (κ3) is 3.18. The first-order valence-corrected chi connectivity index (χ1v) is 11.0. The number of nitrogens with one attached hydrogen (secondary N) is 2. The molecule has 4 aliphatic rings. The van der Waals surface area contributed by atoms with E-state index in [-0.39, 0.29) is 28.8 Å². The quantitative estimate of drug-likeness (QED) is 0.649. The summed E-state index contributed by atoms with van der Waals surface area (Å²) in [5, 5.41) is 3.60. The maximum Gasteiger partial charge on any atom is 0.264 e. The molecule has 0 amide bonds. The second-order valence-corrected chi connectivity index (χ2v) is 9.38. The Morgan fingerprint density at radius 1 is 1.09 bits per heavy atom. The van der Waals surface area contributed by atoms with Crippen LogP contribution in [0.5, 0.6) is 0 Å². The topological polar surface area (TPSA) is 120 Å². The normalized spacial score (nSPS) is 33.7. The highest BCUT2D eigenvalue weighted by Crippen LogP contribution is 2.45. The highest BCUT2D eigenvalue weighted by atomic mass is 19.3. The van der Waals surface area contributed by atoms with E-state index in [2.05, 4.69) is 15.8 Å². The molecular formula is C21H25F2N7O2. The van der Waals surface area contributed by atoms with Crippen LogP contribution in [0.2, 0.25) is 0 Å². The molecule has 3 saturated heterocycles. The Morgan fingerprint density at radius 2 is 1.91 bits per heavy atom. The summed E-state index contributed by atoms with van der Waals surface area (Å²) in [7, 11) is 0. The van der Waals surface area contributed by atoms with Crippen LogP contribution < -0.4 is 16.5 Å². The summed E-state index contributed by atoms with van der Waals surface area (Å²) in [4.78, 5) is 24.0. The van der Waals surface area contributed by atoms with Crippen molar-refractivity contribution < 1.29 is 18.4 Å². The number of halogens is 2. The number of rotatable bonds is 4. The predicted octanol–water partition coefficient (Wildman–Crippen LogP) is 1.96. The number of aromatic nitrogens is 4. The number of alkyl halides is 2. The highest BCUT2D eigenvalue weighted by molar-refractivity contribution is 5.62. The number of anilines is 1. The Morgan fingerprint density at radius 3 is 2.75 bits per heavy atom. The van der Waals surface area contributed by atoms with Crippen molar-refractivity contribution in [2.45, 2.75) is 55.6 Å². The molecule has 0 spiro atoms. The fourth-order valence-corrected chi connectivity index (χ4v) is 5.52. The van der Waals surface area contributed by atoms with E-state index in [0.29, 0.717) is 37.4 Å². The highest BCUT2D eigenvalue weighted by Gasteiger charge is 2.50. The lowest BCUT2D eigenvalue weighted by Gasteiger charge is -2.36. The second kappa shape index (κ2) is 7.34. The van der Waals surface area contributed by atoms with Crippen LogP contribution in [0.4, 0.5) is 14.6 Å². The standard InChI is InChI=1S/C21H25F2N7O2/c22-16(23)13-5-15(24)25-7-14(13)17-26-18(20-3-1-11(6-20)8-32-30-20)28-19(27-17)21-4-2-12(29-21)9-31-10-21/h5,7,11-12,16,29-30H,1-4,6,8-10H2,(H2,24,25). The smallest absolute Gasteiger partial charge is 0.264 e. The van der Waals surface area contributed by atoms with Gasteiger partial charge in [0.15, 0.2) is 17.5 Å². The van der Waals surface area contributed by atoms with Gasteiger partial charge in [-0.1, -0.05) is 0 Å². The molecule has 0 radical (unpaired) electrons. The van der Waals surface area contributed by atoms with E-state index in [4.69, 9.17) is 30.3 Å². The minimum Gasteiger partial charge on any atom is -0.384 e. The molecule has 11 heteroatoms. The summed E-state index contributed by atoms with van der Waals surface area (Å²) in [5.74, 6) is 1.64. The van der Waals surface area contributed by atoms with Gasteiger partial charge in [-0.2, -0.15) is 5.48 Å². The predicted molar refractivity (Wildman–Crippen MR) is 109 cm³/mol. The molecule has 4 bridgehead atoms. The number of nitrogen functional groups attached to an aromatic ring is 1. The van der Waals surface area contributed by atoms with Gasteiger partial charge in [0.05, 0.1) is 19.8 Å². The number of nitrogens with zero attached hydrogens (tertiary/aromatic N) is 4. The van der Waals surface area contributed by atoms with Gasteiger partial charge in [0.1, 0.15) is 16.9 Å². The average molecular weight is 445 g/mol. The number of fused-ring (bicyclic) bond motifs is 4. The first-order chi connectivity index (χ1) is 15.5. The summed E-state index contributed by atoms with van der Waals surface area (Å²) >= 11 is 0. The molecule has 4 fully saturated rings. The third-order valence-electron chi connectivity index (χ3n) is 7.20. The second-order valence-electron chi connectivity index (χ2n) is 9.38. The van der Waals surface area contributed by atoms with Crippen molar-refractivity contribution in [1.29, 1.82) is 0 Å². The molecule has 5 heterocycles. The van der Waals surface area contributed by atoms with Crippen LogP contribution in [0.3, 0.4) is 0 Å². The lowest BCUT2D eigenvalue weighted by Crippen LogP contribution is -2.52. The zero-order valence-corrected chi connectivity index (χ0v) is 17.5. The number of hydrogen-bond acceptors (Lipinski definition) is 9. The van der Waals surface area contributed by atoms with Crippen LogP contribution in [0.1, 0.15) is 55.7 Å². The minimum atomic E-state index is -2.74. The molecule has 170 valence electrons. The Kier molecular flexibility index (Phi) is 4.65. The third-order valence-corrected chi connectivity index (χ3v) is 7.20. The number of pyridine rings is 1. The van der Waals surface area contributed by atoms with Gasteiger partial charge in [0.2, 0.25) is 0 Å². The van der Waals surface area contributed by atoms with Crippen molar-refractivity contribution in [2.75, 3.05) is 25.6 Å². The number of nitrogens with two attached hydrogens (primary N) is 1. The van der Waals surface area contributed by atoms with Crippen molar-refractivity contribution in [2.24, 2.45) is 5.92 Å². The summed E-state index contributed by atoms with van der Waals surface area (Å²) in [6.07, 6.45) is 2.95. The van der Waals surface area contributed by atoms with Crippen LogP contribution in [-0.4, -0.2) is 45.8 Å². The largest absolute Gasteiger partial charge is 0.384 e. The molecule has 32 heavy (non-hydrogen) atoms. The zero-order chi connectivity index (χ0) is 21.9. The monoisotopic (exact) mass is 445 g/mol. The first-order valence-electron chi connectivity index (χ1n) is 11.0. The molecule has 6 rings (SSSR count). The van der Waals surface area contributed by atoms with Gasteiger partial charge in [0, 0.05) is 23.4 Å². The van der Waals surface area contributed by atoms with Crippen molar-refractivity contribution in [3.8, 4) is 11.4 Å². The molecular weight excluding hydrogens is 420 g/mol. The Labute approximate surface area is 183 Å². The van der Waals surface area contributed by atoms with Crippen LogP contribution in [0.15, 0.2) is 12.3 Å². The molecule has 3 aliphatic heterocycles. The Hall–Kier alpha value is -2.34. The number of ether oxygens (including phenoxy) is 1. The zero-order valence-electron chi connectivity index (χ0n) is 17.5. The summed E-state index contributed by atoms with van der Waals surface area (Å²) in [6, 6.07) is 1.41. The molecule has 4 unspecified atom stereocenters. The van der Waals surface area contributed by atoms with E-state index in [1.165, 1.54) is 12.3 Å². The molecule has 1 aliphatic carbocycles. The van der Waals surface area contributed by atoms with E-state index in [9.17, 15) is 8.78 Å². The van der Waals surface area contributed by atoms with Crippen LogP contribution in [0, 0.1) is 5.92 Å². The SMILES string of the molecule is Nc1cc(C(F)F)c(-c2nc(C34CCC(CON3)C4)nc(C34CCC(COC3)N4)n2)cn1. The summed E-state index contributed by atoms with van der Waals surface area (Å²) < 4.78 is 33.6. The van der Waals surface area contributed by atoms with Gasteiger partial charge in [0.25, 0.3) is 6.43 Å². The van der Waals surface area contributed by atoms with Crippen LogP contribution >= 0.6 is 0 Å². The lowest BCUT2D eigenvalue weighted by molar-refractivity contribution is -0.0695. The van der Waals surface area contributed by atoms with Crippen LogP contribution in [-0.2, 0) is 20.7 Å². The molecule has 9 nitrogen and oxygen atoms in total. The van der Waals surface area contributed by atoms with Crippen molar-refractivity contribution in [3.63, 3.8) is 0 Å². The van der Waals surface area contributed by atoms with Gasteiger partial charge in [-0.3, -0.25) is 5.32 Å². The average Bonchev–Trinajstić information content (AvgIpc) is 3.28. The Bertz CT molecular complexity index is 999. The maximum absolute atomic E-state index is 13.9. The molecule has 4 N–H and O–H groups in total. The van der Waals surface area contributed by atoms with Gasteiger partial charge < -0.3 is 15.3 Å². The van der Waals surface area contributed by atoms with Crippen molar-refractivity contribution >= 4 is 5.82 Å². The molecule has 2 aromatic heterocycles. The van der Waals surface area contributed by atoms with E-state index in [1.54, 1.807) is 0 Å². The molecule has 4 atom stereocenters. The van der Waals surface area contributed by atoms with E-state index in [1.807, 2.05) is 0 Å². The molecule has 2 aromatic rings. The minimum absolute atomic E-state index is 0.0257. The molecule has 0 aromatic carbocycles. The van der Waals surface area contributed by atoms with Gasteiger partial charge >= 0.3 is 0 Å². The van der Waals surface area contributed by atoms with Gasteiger partial charge in [-0.05, 0) is 44.1 Å². The van der Waals surface area contributed by atoms with Gasteiger partial charge in [-0.25, -0.2) is 28.7 Å². The number of hydrogen-bond donors (Lipinski definition) is 3.